The number of benzene rings is 1. The molecule has 1 aromatic carbocycles. The number of nitrogens with zero attached hydrogens (tertiary/aromatic N) is 2. The smallest absolute Gasteiger partial charge is 0.249 e. The van der Waals surface area contributed by atoms with Crippen LogP contribution in [0, 0.1) is 6.07 Å². The Morgan fingerprint density at radius 2 is 2.17 bits per heavy atom. The summed E-state index contributed by atoms with van der Waals surface area (Å²) in [5.74, 6) is -0.0966. The second-order valence-electron chi connectivity index (χ2n) is 8.24. The zero-order valence-corrected chi connectivity index (χ0v) is 17.7. The van der Waals surface area contributed by atoms with Crippen molar-refractivity contribution >= 4 is 11.8 Å². The Labute approximate surface area is 174 Å². The molecule has 1 aliphatic carbocycles. The highest BCUT2D eigenvalue weighted by molar-refractivity contribution is 5.94. The maximum Gasteiger partial charge on any atom is 0.249 e. The van der Waals surface area contributed by atoms with Gasteiger partial charge in [0.05, 0.1) is 5.56 Å². The molecule has 3 N–H and O–H groups in total. The summed E-state index contributed by atoms with van der Waals surface area (Å²) in [5, 5.41) is 3.29. The highest BCUT2D eigenvalue weighted by Crippen LogP contribution is 2.27. The molecule has 1 fully saturated rings. The number of carbonyl (C=O) groups excluding carboxylic acids is 2. The van der Waals surface area contributed by atoms with Gasteiger partial charge in [-0.15, -0.1) is 0 Å². The number of carbonyl (C=O) groups is 2. The number of amides is 2. The van der Waals surface area contributed by atoms with Crippen LogP contribution in [0.1, 0.15) is 60.5 Å². The predicted molar refractivity (Wildman–Crippen MR) is 115 cm³/mol. The van der Waals surface area contributed by atoms with Gasteiger partial charge in [0.25, 0.3) is 0 Å². The van der Waals surface area contributed by atoms with Crippen molar-refractivity contribution in [3.63, 3.8) is 0 Å². The van der Waals surface area contributed by atoms with Crippen molar-refractivity contribution in [2.45, 2.75) is 57.9 Å². The lowest BCUT2D eigenvalue weighted by Crippen LogP contribution is -2.41. The summed E-state index contributed by atoms with van der Waals surface area (Å²) in [6, 6.07) is 7.40. The van der Waals surface area contributed by atoms with Gasteiger partial charge in [0, 0.05) is 38.6 Å². The van der Waals surface area contributed by atoms with E-state index in [2.05, 4.69) is 29.3 Å². The minimum Gasteiger partial charge on any atom is -0.366 e. The fourth-order valence-electron chi connectivity index (χ4n) is 4.67. The molecule has 1 radical (unpaired) electrons. The molecule has 159 valence electrons. The number of primary amides is 1. The molecule has 1 saturated heterocycles. The molecule has 6 heteroatoms. The Morgan fingerprint density at radius 3 is 2.97 bits per heavy atom. The molecular weight excluding hydrogens is 364 g/mol. The Morgan fingerprint density at radius 1 is 1.31 bits per heavy atom. The quantitative estimate of drug-likeness (QED) is 0.620. The molecular formula is C23H35N4O2. The molecule has 6 nitrogen and oxygen atoms in total. The van der Waals surface area contributed by atoms with E-state index in [1.807, 2.05) is 11.0 Å². The fraction of sp³-hybridized carbons (Fsp3) is 0.652. The number of rotatable bonds is 9. The van der Waals surface area contributed by atoms with Crippen LogP contribution < -0.4 is 11.1 Å². The summed E-state index contributed by atoms with van der Waals surface area (Å²) in [5.41, 5.74) is 8.50. The van der Waals surface area contributed by atoms with Crippen LogP contribution in [0.2, 0.25) is 0 Å². The first-order valence-electron chi connectivity index (χ1n) is 11.1. The van der Waals surface area contributed by atoms with Gasteiger partial charge in [0.15, 0.2) is 0 Å². The van der Waals surface area contributed by atoms with Gasteiger partial charge in [-0.2, -0.15) is 0 Å². The molecule has 29 heavy (non-hydrogen) atoms. The summed E-state index contributed by atoms with van der Waals surface area (Å²) in [7, 11) is 0. The van der Waals surface area contributed by atoms with E-state index >= 15 is 0 Å². The summed E-state index contributed by atoms with van der Waals surface area (Å²) in [6.45, 7) is 7.70. The first-order chi connectivity index (χ1) is 14.1. The standard InChI is InChI=1S/C23H35N4O2/c1-2-13-26(14-3-4-15-27-16-12-25-11-10-22(27)28)19-9-8-18-6-5-7-20(23(24)29)21(18)17-19/h5-6,19,25H,2-4,8-17H2,1H3,(H2,24,29). The van der Waals surface area contributed by atoms with E-state index in [0.717, 1.165) is 83.4 Å². The van der Waals surface area contributed by atoms with E-state index in [1.54, 1.807) is 0 Å². The van der Waals surface area contributed by atoms with Crippen molar-refractivity contribution in [2.75, 3.05) is 39.3 Å². The highest BCUT2D eigenvalue weighted by Gasteiger charge is 2.26. The first-order valence-corrected chi connectivity index (χ1v) is 11.1. The molecule has 1 heterocycles. The third-order valence-corrected chi connectivity index (χ3v) is 6.21. The third kappa shape index (κ3) is 5.80. The second-order valence-corrected chi connectivity index (χ2v) is 8.24. The van der Waals surface area contributed by atoms with E-state index in [-0.39, 0.29) is 11.8 Å². The van der Waals surface area contributed by atoms with Gasteiger partial charge in [-0.05, 0) is 68.8 Å². The van der Waals surface area contributed by atoms with Crippen LogP contribution >= 0.6 is 0 Å². The van der Waals surface area contributed by atoms with Gasteiger partial charge in [-0.1, -0.05) is 19.1 Å². The van der Waals surface area contributed by atoms with Crippen LogP contribution in [0.3, 0.4) is 0 Å². The largest absolute Gasteiger partial charge is 0.366 e. The number of hydrogen-bond acceptors (Lipinski definition) is 4. The van der Waals surface area contributed by atoms with Crippen molar-refractivity contribution in [2.24, 2.45) is 5.73 Å². The number of nitrogens with two attached hydrogens (primary N) is 1. The molecule has 3 rings (SSSR count). The number of unbranched alkanes of at least 4 members (excludes halogenated alkanes) is 1. The molecule has 0 bridgehead atoms. The van der Waals surface area contributed by atoms with E-state index < -0.39 is 0 Å². The monoisotopic (exact) mass is 399 g/mol. The summed E-state index contributed by atoms with van der Waals surface area (Å²) >= 11 is 0. The maximum absolute atomic E-state index is 12.1. The number of aryl methyl sites for hydroxylation is 1. The molecule has 0 aromatic heterocycles. The molecule has 1 atom stereocenters. The third-order valence-electron chi connectivity index (χ3n) is 6.21. The molecule has 2 amide bonds. The SMILES string of the molecule is CCCN(CCCCN1CCNCCC1=O)C1CCc2cc[c]c(C(N)=O)c2C1. The second kappa shape index (κ2) is 10.7. The van der Waals surface area contributed by atoms with Crippen LogP contribution in [0.25, 0.3) is 0 Å². The van der Waals surface area contributed by atoms with E-state index in [1.165, 1.54) is 5.56 Å². The van der Waals surface area contributed by atoms with Gasteiger partial charge in [-0.25, -0.2) is 0 Å². The van der Waals surface area contributed by atoms with E-state index in [9.17, 15) is 9.59 Å². The van der Waals surface area contributed by atoms with Crippen LogP contribution in [0.5, 0.6) is 0 Å². The average molecular weight is 400 g/mol. The minimum absolute atomic E-state index is 0.277. The molecule has 0 saturated carbocycles. The van der Waals surface area contributed by atoms with Crippen LogP contribution in [0.4, 0.5) is 0 Å². The lowest BCUT2D eigenvalue weighted by atomic mass is 9.84. The number of fused-ring (bicyclic) bond motifs is 1. The molecule has 1 aromatic rings. The van der Waals surface area contributed by atoms with Crippen LogP contribution in [-0.2, 0) is 17.6 Å². The van der Waals surface area contributed by atoms with Gasteiger partial charge >= 0.3 is 0 Å². The zero-order chi connectivity index (χ0) is 20.6. The van der Waals surface area contributed by atoms with Gasteiger partial charge in [0.1, 0.15) is 0 Å². The lowest BCUT2D eigenvalue weighted by Gasteiger charge is -2.36. The molecule has 1 unspecified atom stereocenters. The average Bonchev–Trinajstić information content (AvgIpc) is 2.93. The van der Waals surface area contributed by atoms with Gasteiger partial charge < -0.3 is 20.9 Å². The number of nitrogens with one attached hydrogen (secondary N) is 1. The van der Waals surface area contributed by atoms with Crippen molar-refractivity contribution in [3.8, 4) is 0 Å². The van der Waals surface area contributed by atoms with E-state index in [0.29, 0.717) is 18.0 Å². The Bertz CT molecular complexity index is 706. The number of hydrogen-bond donors (Lipinski definition) is 2. The molecule has 2 aliphatic rings. The van der Waals surface area contributed by atoms with Crippen molar-refractivity contribution in [1.82, 2.24) is 15.1 Å². The Kier molecular flexibility index (Phi) is 8.07. The molecule has 1 aliphatic heterocycles. The Hall–Kier alpha value is -1.92. The Balaban J connectivity index is 1.55. The topological polar surface area (TPSA) is 78.7 Å². The molecule has 0 spiro atoms. The summed E-state index contributed by atoms with van der Waals surface area (Å²) < 4.78 is 0. The van der Waals surface area contributed by atoms with E-state index in [4.69, 9.17) is 5.73 Å². The zero-order valence-electron chi connectivity index (χ0n) is 17.7. The summed E-state index contributed by atoms with van der Waals surface area (Å²) in [4.78, 5) is 28.5. The fourth-order valence-corrected chi connectivity index (χ4v) is 4.67. The minimum atomic E-state index is -0.374. The van der Waals surface area contributed by atoms with Gasteiger partial charge in [-0.3, -0.25) is 9.59 Å². The van der Waals surface area contributed by atoms with Crippen LogP contribution in [-0.4, -0.2) is 66.9 Å². The normalized spacial score (nSPS) is 19.9. The van der Waals surface area contributed by atoms with Crippen molar-refractivity contribution in [1.29, 1.82) is 0 Å². The predicted octanol–water partition coefficient (Wildman–Crippen LogP) is 1.76. The van der Waals surface area contributed by atoms with Gasteiger partial charge in [0.2, 0.25) is 11.8 Å². The maximum atomic E-state index is 12.1. The lowest BCUT2D eigenvalue weighted by molar-refractivity contribution is -0.130. The highest BCUT2D eigenvalue weighted by atomic mass is 16.2. The van der Waals surface area contributed by atoms with Crippen LogP contribution in [0.15, 0.2) is 12.1 Å². The van der Waals surface area contributed by atoms with Crippen molar-refractivity contribution in [3.05, 3.63) is 34.9 Å². The first kappa shape index (κ1) is 21.8. The van der Waals surface area contributed by atoms with Crippen molar-refractivity contribution < 1.29 is 9.59 Å². The summed E-state index contributed by atoms with van der Waals surface area (Å²) in [6.07, 6.45) is 6.84.